The molecule has 1 aliphatic carbocycles. The van der Waals surface area contributed by atoms with E-state index in [0.717, 1.165) is 18.2 Å². The molecule has 19 heavy (non-hydrogen) atoms. The van der Waals surface area contributed by atoms with E-state index in [2.05, 4.69) is 21.5 Å². The number of ether oxygens (including phenoxy) is 1. The third-order valence-corrected chi connectivity index (χ3v) is 5.06. The van der Waals surface area contributed by atoms with Gasteiger partial charge in [-0.25, -0.2) is 4.98 Å². The molecule has 0 saturated heterocycles. The van der Waals surface area contributed by atoms with Gasteiger partial charge in [0.25, 0.3) is 0 Å². The number of rotatable bonds is 6. The first kappa shape index (κ1) is 14.4. The summed E-state index contributed by atoms with van der Waals surface area (Å²) >= 11 is 1.98. The topological polar surface area (TPSA) is 47.0 Å². The number of nitrogens with one attached hydrogen (secondary N) is 1. The minimum atomic E-state index is 0.380. The van der Waals surface area contributed by atoms with Gasteiger partial charge in [0.1, 0.15) is 11.6 Å². The molecular formula is C14H23N3OS. The van der Waals surface area contributed by atoms with E-state index >= 15 is 0 Å². The molecule has 1 N–H and O–H groups in total. The van der Waals surface area contributed by atoms with Crippen LogP contribution in [-0.4, -0.2) is 34.1 Å². The number of aromatic nitrogens is 2. The molecule has 1 aromatic heterocycles. The Balaban J connectivity index is 2.02. The molecule has 4 nitrogen and oxygen atoms in total. The van der Waals surface area contributed by atoms with Crippen molar-refractivity contribution in [1.29, 1.82) is 0 Å². The number of hydrogen-bond donors (Lipinski definition) is 1. The van der Waals surface area contributed by atoms with Gasteiger partial charge in [-0.1, -0.05) is 12.8 Å². The average Bonchev–Trinajstić information content (AvgIpc) is 2.86. The Hall–Kier alpha value is -0.970. The van der Waals surface area contributed by atoms with E-state index in [-0.39, 0.29) is 0 Å². The molecule has 1 aliphatic rings. The zero-order valence-electron chi connectivity index (χ0n) is 12.0. The second kappa shape index (κ2) is 6.46. The fraction of sp³-hybridized carbons (Fsp3) is 0.714. The zero-order valence-corrected chi connectivity index (χ0v) is 12.8. The molecule has 1 heterocycles. The van der Waals surface area contributed by atoms with Gasteiger partial charge in [-0.2, -0.15) is 16.7 Å². The monoisotopic (exact) mass is 281 g/mol. The van der Waals surface area contributed by atoms with Gasteiger partial charge in [0.2, 0.25) is 5.88 Å². The van der Waals surface area contributed by atoms with E-state index in [1.165, 1.54) is 25.7 Å². The van der Waals surface area contributed by atoms with Gasteiger partial charge < -0.3 is 10.1 Å². The first-order valence-corrected chi connectivity index (χ1v) is 8.17. The van der Waals surface area contributed by atoms with E-state index in [4.69, 9.17) is 4.74 Å². The van der Waals surface area contributed by atoms with Crippen molar-refractivity contribution in [1.82, 2.24) is 9.97 Å². The SMILES string of the molecule is CCOc1cc(NCC2(SC)CCCC2)nc(C)n1. The third kappa shape index (κ3) is 3.75. The van der Waals surface area contributed by atoms with Crippen LogP contribution in [0, 0.1) is 6.92 Å². The lowest BCUT2D eigenvalue weighted by Crippen LogP contribution is -2.30. The summed E-state index contributed by atoms with van der Waals surface area (Å²) in [5.41, 5.74) is 0. The van der Waals surface area contributed by atoms with Crippen LogP contribution in [0.1, 0.15) is 38.4 Å². The number of hydrogen-bond acceptors (Lipinski definition) is 5. The Morgan fingerprint density at radius 1 is 1.37 bits per heavy atom. The maximum Gasteiger partial charge on any atom is 0.218 e. The predicted molar refractivity (Wildman–Crippen MR) is 81.1 cm³/mol. The van der Waals surface area contributed by atoms with Gasteiger partial charge in [-0.3, -0.25) is 0 Å². The number of thioether (sulfide) groups is 1. The van der Waals surface area contributed by atoms with Crippen molar-refractivity contribution in [3.8, 4) is 5.88 Å². The lowest BCUT2D eigenvalue weighted by molar-refractivity contribution is 0.325. The Morgan fingerprint density at radius 2 is 2.11 bits per heavy atom. The fourth-order valence-corrected chi connectivity index (χ4v) is 3.49. The summed E-state index contributed by atoms with van der Waals surface area (Å²) in [5, 5.41) is 3.47. The van der Waals surface area contributed by atoms with Crippen LogP contribution in [0.2, 0.25) is 0 Å². The highest BCUT2D eigenvalue weighted by Gasteiger charge is 2.32. The van der Waals surface area contributed by atoms with Crippen LogP contribution >= 0.6 is 11.8 Å². The Morgan fingerprint density at radius 3 is 2.74 bits per heavy atom. The Labute approximate surface area is 119 Å². The van der Waals surface area contributed by atoms with Gasteiger partial charge in [-0.05, 0) is 32.9 Å². The summed E-state index contributed by atoms with van der Waals surface area (Å²) in [6, 6.07) is 1.89. The quantitative estimate of drug-likeness (QED) is 0.867. The van der Waals surface area contributed by atoms with Crippen LogP contribution in [0.5, 0.6) is 5.88 Å². The molecule has 1 fully saturated rings. The van der Waals surface area contributed by atoms with Crippen molar-refractivity contribution in [3.63, 3.8) is 0 Å². The predicted octanol–water partition coefficient (Wildman–Crippen LogP) is 3.27. The second-order valence-electron chi connectivity index (χ2n) is 5.02. The fourth-order valence-electron chi connectivity index (χ4n) is 2.58. The minimum absolute atomic E-state index is 0.380. The van der Waals surface area contributed by atoms with E-state index in [1.54, 1.807) is 0 Å². The molecule has 0 unspecified atom stereocenters. The van der Waals surface area contributed by atoms with Crippen LogP contribution in [0.3, 0.4) is 0 Å². The van der Waals surface area contributed by atoms with Crippen LogP contribution < -0.4 is 10.1 Å². The highest BCUT2D eigenvalue weighted by molar-refractivity contribution is 8.00. The summed E-state index contributed by atoms with van der Waals surface area (Å²) in [6.45, 7) is 5.46. The molecule has 0 amide bonds. The zero-order chi connectivity index (χ0) is 13.7. The van der Waals surface area contributed by atoms with E-state index in [9.17, 15) is 0 Å². The normalized spacial score (nSPS) is 17.4. The number of nitrogens with zero attached hydrogens (tertiary/aromatic N) is 2. The summed E-state index contributed by atoms with van der Waals surface area (Å²) < 4.78 is 5.83. The van der Waals surface area contributed by atoms with Crippen LogP contribution in [0.25, 0.3) is 0 Å². The molecule has 0 radical (unpaired) electrons. The van der Waals surface area contributed by atoms with E-state index in [0.29, 0.717) is 17.2 Å². The first-order chi connectivity index (χ1) is 9.17. The molecule has 1 saturated carbocycles. The largest absolute Gasteiger partial charge is 0.478 e. The molecule has 5 heteroatoms. The maximum absolute atomic E-state index is 5.45. The minimum Gasteiger partial charge on any atom is -0.478 e. The molecule has 0 bridgehead atoms. The van der Waals surface area contributed by atoms with Crippen molar-refractivity contribution in [3.05, 3.63) is 11.9 Å². The van der Waals surface area contributed by atoms with Crippen molar-refractivity contribution < 1.29 is 4.74 Å². The van der Waals surface area contributed by atoms with E-state index in [1.807, 2.05) is 31.7 Å². The lowest BCUT2D eigenvalue weighted by Gasteiger charge is -2.27. The first-order valence-electron chi connectivity index (χ1n) is 6.95. The van der Waals surface area contributed by atoms with Gasteiger partial charge in [-0.15, -0.1) is 0 Å². The summed E-state index contributed by atoms with van der Waals surface area (Å²) in [5.74, 6) is 2.27. The van der Waals surface area contributed by atoms with Crippen molar-refractivity contribution in [2.75, 3.05) is 24.7 Å². The van der Waals surface area contributed by atoms with Crippen LogP contribution in [0.15, 0.2) is 6.07 Å². The van der Waals surface area contributed by atoms with Crippen LogP contribution in [-0.2, 0) is 0 Å². The van der Waals surface area contributed by atoms with Crippen LogP contribution in [0.4, 0.5) is 5.82 Å². The van der Waals surface area contributed by atoms with Gasteiger partial charge >= 0.3 is 0 Å². The summed E-state index contributed by atoms with van der Waals surface area (Å²) in [6.07, 6.45) is 7.49. The highest BCUT2D eigenvalue weighted by atomic mass is 32.2. The van der Waals surface area contributed by atoms with E-state index < -0.39 is 0 Å². The molecule has 0 atom stereocenters. The molecule has 2 rings (SSSR count). The van der Waals surface area contributed by atoms with Gasteiger partial charge in [0, 0.05) is 17.4 Å². The second-order valence-corrected chi connectivity index (χ2v) is 6.29. The number of aryl methyl sites for hydroxylation is 1. The summed E-state index contributed by atoms with van der Waals surface area (Å²) in [4.78, 5) is 8.69. The smallest absolute Gasteiger partial charge is 0.218 e. The standard InChI is InChI=1S/C14H23N3OS/c1-4-18-13-9-12(16-11(2)17-13)15-10-14(19-3)7-5-6-8-14/h9H,4-8,10H2,1-3H3,(H,15,16,17). The molecular weight excluding hydrogens is 258 g/mol. The molecule has 0 aromatic carbocycles. The Bertz CT molecular complexity index is 419. The molecule has 106 valence electrons. The summed E-state index contributed by atoms with van der Waals surface area (Å²) in [7, 11) is 0. The van der Waals surface area contributed by atoms with Crippen molar-refractivity contribution in [2.24, 2.45) is 0 Å². The van der Waals surface area contributed by atoms with Gasteiger partial charge in [0.15, 0.2) is 0 Å². The average molecular weight is 281 g/mol. The van der Waals surface area contributed by atoms with Gasteiger partial charge in [0.05, 0.1) is 6.61 Å². The molecule has 0 aliphatic heterocycles. The maximum atomic E-state index is 5.45. The highest BCUT2D eigenvalue weighted by Crippen LogP contribution is 2.40. The number of anilines is 1. The third-order valence-electron chi connectivity index (χ3n) is 3.65. The molecule has 0 spiro atoms. The van der Waals surface area contributed by atoms with Crippen molar-refractivity contribution in [2.45, 2.75) is 44.3 Å². The van der Waals surface area contributed by atoms with Crippen molar-refractivity contribution >= 4 is 17.6 Å². The molecule has 1 aromatic rings. The Kier molecular flexibility index (Phi) is 4.91. The lowest BCUT2D eigenvalue weighted by atomic mass is 10.1.